The molecule has 0 saturated carbocycles. The lowest BCUT2D eigenvalue weighted by Gasteiger charge is -2.08. The van der Waals surface area contributed by atoms with E-state index in [0.717, 1.165) is 11.3 Å². The second-order valence-corrected chi connectivity index (χ2v) is 3.55. The fourth-order valence-electron chi connectivity index (χ4n) is 1.47. The van der Waals surface area contributed by atoms with E-state index in [1.54, 1.807) is 19.5 Å². The molecule has 0 spiro atoms. The van der Waals surface area contributed by atoms with Crippen molar-refractivity contribution in [3.8, 4) is 11.5 Å². The van der Waals surface area contributed by atoms with Gasteiger partial charge in [0.1, 0.15) is 18.1 Å². The fourth-order valence-corrected chi connectivity index (χ4v) is 1.47. The van der Waals surface area contributed by atoms with Gasteiger partial charge in [-0.15, -0.1) is 0 Å². The molecular weight excluding hydrogens is 216 g/mol. The first-order valence-corrected chi connectivity index (χ1v) is 5.25. The average Bonchev–Trinajstić information content (AvgIpc) is 2.38. The molecule has 4 heteroatoms. The van der Waals surface area contributed by atoms with Crippen LogP contribution >= 0.6 is 0 Å². The van der Waals surface area contributed by atoms with E-state index < -0.39 is 0 Å². The van der Waals surface area contributed by atoms with E-state index in [-0.39, 0.29) is 0 Å². The van der Waals surface area contributed by atoms with E-state index >= 15 is 0 Å². The molecule has 2 N–H and O–H groups in total. The normalized spacial score (nSPS) is 9.94. The Bertz CT molecular complexity index is 486. The van der Waals surface area contributed by atoms with Crippen molar-refractivity contribution in [3.63, 3.8) is 0 Å². The molecule has 0 aliphatic carbocycles. The van der Waals surface area contributed by atoms with E-state index in [1.165, 1.54) is 0 Å². The number of aromatic nitrogens is 1. The fraction of sp³-hybridized carbons (Fsp3) is 0.154. The second-order valence-electron chi connectivity index (χ2n) is 3.55. The number of nitrogens with zero attached hydrogens (tertiary/aromatic N) is 1. The Labute approximate surface area is 100 Å². The molecule has 0 aliphatic heterocycles. The zero-order valence-electron chi connectivity index (χ0n) is 9.59. The molecule has 0 atom stereocenters. The molecule has 2 rings (SSSR count). The number of anilines is 1. The van der Waals surface area contributed by atoms with Gasteiger partial charge in [0, 0.05) is 6.20 Å². The lowest BCUT2D eigenvalue weighted by atomic mass is 10.2. The summed E-state index contributed by atoms with van der Waals surface area (Å²) in [5.41, 5.74) is 7.41. The summed E-state index contributed by atoms with van der Waals surface area (Å²) in [5.74, 6) is 1.41. The Morgan fingerprint density at radius 3 is 2.82 bits per heavy atom. The number of benzene rings is 1. The van der Waals surface area contributed by atoms with Crippen molar-refractivity contribution in [3.05, 3.63) is 48.3 Å². The van der Waals surface area contributed by atoms with Crippen LogP contribution in [-0.2, 0) is 6.61 Å². The van der Waals surface area contributed by atoms with Crippen LogP contribution in [0.25, 0.3) is 0 Å². The number of pyridine rings is 1. The van der Waals surface area contributed by atoms with Crippen molar-refractivity contribution in [2.45, 2.75) is 6.61 Å². The van der Waals surface area contributed by atoms with Gasteiger partial charge in [-0.2, -0.15) is 0 Å². The van der Waals surface area contributed by atoms with E-state index in [0.29, 0.717) is 18.0 Å². The highest BCUT2D eigenvalue weighted by Crippen LogP contribution is 2.22. The van der Waals surface area contributed by atoms with Gasteiger partial charge in [-0.05, 0) is 29.8 Å². The SMILES string of the molecule is COc1ccc(COc2cccnc2)cc1N. The molecule has 0 amide bonds. The maximum Gasteiger partial charge on any atom is 0.141 e. The maximum absolute atomic E-state index is 5.81. The monoisotopic (exact) mass is 230 g/mol. The third-order valence-corrected chi connectivity index (χ3v) is 2.33. The molecule has 0 unspecified atom stereocenters. The van der Waals surface area contributed by atoms with Crippen LogP contribution in [0.4, 0.5) is 5.69 Å². The van der Waals surface area contributed by atoms with Gasteiger partial charge in [0.05, 0.1) is 19.0 Å². The minimum absolute atomic E-state index is 0.458. The Balaban J connectivity index is 2.02. The zero-order valence-corrected chi connectivity index (χ0v) is 9.59. The summed E-state index contributed by atoms with van der Waals surface area (Å²) in [6, 6.07) is 9.29. The molecule has 0 bridgehead atoms. The molecule has 4 nitrogen and oxygen atoms in total. The number of hydrogen-bond acceptors (Lipinski definition) is 4. The molecule has 0 radical (unpaired) electrons. The standard InChI is InChI=1S/C13H14N2O2/c1-16-13-5-4-10(7-12(13)14)9-17-11-3-2-6-15-8-11/h2-8H,9,14H2,1H3. The number of methoxy groups -OCH3 is 1. The van der Waals surface area contributed by atoms with Crippen molar-refractivity contribution >= 4 is 5.69 Å². The molecular formula is C13H14N2O2. The Morgan fingerprint density at radius 2 is 2.18 bits per heavy atom. The van der Waals surface area contributed by atoms with Gasteiger partial charge in [0.2, 0.25) is 0 Å². The lowest BCUT2D eigenvalue weighted by molar-refractivity contribution is 0.305. The summed E-state index contributed by atoms with van der Waals surface area (Å²) in [5, 5.41) is 0. The van der Waals surface area contributed by atoms with Crippen molar-refractivity contribution in [2.75, 3.05) is 12.8 Å². The molecule has 1 aromatic carbocycles. The maximum atomic E-state index is 5.81. The van der Waals surface area contributed by atoms with Gasteiger partial charge in [-0.25, -0.2) is 0 Å². The number of nitrogen functional groups attached to an aromatic ring is 1. The Morgan fingerprint density at radius 1 is 1.29 bits per heavy atom. The van der Waals surface area contributed by atoms with Crippen molar-refractivity contribution in [1.82, 2.24) is 4.98 Å². The highest BCUT2D eigenvalue weighted by Gasteiger charge is 2.01. The summed E-state index contributed by atoms with van der Waals surface area (Å²) in [4.78, 5) is 3.97. The number of ether oxygens (including phenoxy) is 2. The third-order valence-electron chi connectivity index (χ3n) is 2.33. The average molecular weight is 230 g/mol. The number of rotatable bonds is 4. The first kappa shape index (κ1) is 11.3. The first-order valence-electron chi connectivity index (χ1n) is 5.25. The van der Waals surface area contributed by atoms with Gasteiger partial charge < -0.3 is 15.2 Å². The molecule has 17 heavy (non-hydrogen) atoms. The molecule has 0 aliphatic rings. The van der Waals surface area contributed by atoms with Crippen LogP contribution in [0.3, 0.4) is 0 Å². The van der Waals surface area contributed by atoms with Gasteiger partial charge >= 0.3 is 0 Å². The minimum Gasteiger partial charge on any atom is -0.495 e. The van der Waals surface area contributed by atoms with Crippen molar-refractivity contribution < 1.29 is 9.47 Å². The molecule has 1 aromatic heterocycles. The van der Waals surface area contributed by atoms with Gasteiger partial charge in [0.25, 0.3) is 0 Å². The third kappa shape index (κ3) is 2.87. The topological polar surface area (TPSA) is 57.4 Å². The Kier molecular flexibility index (Phi) is 3.45. The summed E-state index contributed by atoms with van der Waals surface area (Å²) < 4.78 is 10.6. The largest absolute Gasteiger partial charge is 0.495 e. The molecule has 2 aromatic rings. The summed E-state index contributed by atoms with van der Waals surface area (Å²) in [6.07, 6.45) is 3.38. The zero-order chi connectivity index (χ0) is 12.1. The van der Waals surface area contributed by atoms with E-state index in [1.807, 2.05) is 30.3 Å². The van der Waals surface area contributed by atoms with Gasteiger partial charge in [-0.3, -0.25) is 4.98 Å². The molecule has 88 valence electrons. The first-order chi connectivity index (χ1) is 8.29. The Hall–Kier alpha value is -2.23. The second kappa shape index (κ2) is 5.21. The van der Waals surface area contributed by atoms with E-state index in [4.69, 9.17) is 15.2 Å². The van der Waals surface area contributed by atoms with Crippen LogP contribution in [0.2, 0.25) is 0 Å². The predicted molar refractivity (Wildman–Crippen MR) is 66.0 cm³/mol. The summed E-state index contributed by atoms with van der Waals surface area (Å²) in [7, 11) is 1.59. The molecule has 1 heterocycles. The molecule has 0 saturated heterocycles. The number of nitrogens with two attached hydrogens (primary N) is 1. The van der Waals surface area contributed by atoms with Gasteiger partial charge in [-0.1, -0.05) is 6.07 Å². The van der Waals surface area contributed by atoms with Crippen LogP contribution in [-0.4, -0.2) is 12.1 Å². The summed E-state index contributed by atoms with van der Waals surface area (Å²) in [6.45, 7) is 0.458. The smallest absolute Gasteiger partial charge is 0.141 e. The highest BCUT2D eigenvalue weighted by molar-refractivity contribution is 5.54. The lowest BCUT2D eigenvalue weighted by Crippen LogP contribution is -1.98. The van der Waals surface area contributed by atoms with Crippen LogP contribution in [0.1, 0.15) is 5.56 Å². The van der Waals surface area contributed by atoms with Crippen LogP contribution in [0.5, 0.6) is 11.5 Å². The number of hydrogen-bond donors (Lipinski definition) is 1. The van der Waals surface area contributed by atoms with E-state index in [2.05, 4.69) is 4.98 Å². The van der Waals surface area contributed by atoms with Crippen LogP contribution < -0.4 is 15.2 Å². The van der Waals surface area contributed by atoms with Gasteiger partial charge in [0.15, 0.2) is 0 Å². The van der Waals surface area contributed by atoms with Crippen LogP contribution in [0.15, 0.2) is 42.7 Å². The van der Waals surface area contributed by atoms with Crippen molar-refractivity contribution in [2.24, 2.45) is 0 Å². The quantitative estimate of drug-likeness (QED) is 0.818. The minimum atomic E-state index is 0.458. The van der Waals surface area contributed by atoms with Crippen LogP contribution in [0, 0.1) is 0 Å². The van der Waals surface area contributed by atoms with Crippen molar-refractivity contribution in [1.29, 1.82) is 0 Å². The van der Waals surface area contributed by atoms with E-state index in [9.17, 15) is 0 Å². The molecule has 0 fully saturated rings. The highest BCUT2D eigenvalue weighted by atomic mass is 16.5. The predicted octanol–water partition coefficient (Wildman–Crippen LogP) is 2.25. The summed E-state index contributed by atoms with van der Waals surface area (Å²) >= 11 is 0.